The second kappa shape index (κ2) is 17.0. The second-order valence-corrected chi connectivity index (χ2v) is 11.0. The van der Waals surface area contributed by atoms with E-state index in [9.17, 15) is 14.7 Å². The van der Waals surface area contributed by atoms with Crippen LogP contribution in [0.3, 0.4) is 0 Å². The summed E-state index contributed by atoms with van der Waals surface area (Å²) in [4.78, 5) is 25.0. The molecule has 2 N–H and O–H groups in total. The Labute approximate surface area is 243 Å². The molecule has 0 spiro atoms. The van der Waals surface area contributed by atoms with Crippen molar-refractivity contribution in [2.75, 3.05) is 25.7 Å². The first-order chi connectivity index (χ1) is 17.9. The van der Waals surface area contributed by atoms with E-state index < -0.39 is 12.0 Å². The van der Waals surface area contributed by atoms with E-state index in [1.54, 1.807) is 24.9 Å². The van der Waals surface area contributed by atoms with Gasteiger partial charge in [-0.3, -0.25) is 4.79 Å². The largest absolute Gasteiger partial charge is 1.00 e. The van der Waals surface area contributed by atoms with Crippen molar-refractivity contribution in [1.29, 1.82) is 0 Å². The van der Waals surface area contributed by atoms with Crippen LogP contribution in [0.25, 0.3) is 11.1 Å². The van der Waals surface area contributed by atoms with Crippen LogP contribution >= 0.6 is 11.8 Å². The van der Waals surface area contributed by atoms with E-state index in [1.165, 1.54) is 32.1 Å². The fourth-order valence-electron chi connectivity index (χ4n) is 5.08. The number of hydrogen-bond donors (Lipinski definition) is 2. The van der Waals surface area contributed by atoms with Crippen LogP contribution in [0.5, 0.6) is 0 Å². The van der Waals surface area contributed by atoms with E-state index in [0.29, 0.717) is 36.9 Å². The van der Waals surface area contributed by atoms with Gasteiger partial charge in [0, 0.05) is 12.7 Å². The molecule has 0 aliphatic heterocycles. The predicted molar refractivity (Wildman–Crippen MR) is 150 cm³/mol. The SMILES string of the molecule is COCC(CC1CCCCC1)OCc1ccc(C(=O)NC(CCSC)C(=O)O)c(-c2ccccc2C)c1.[Li+]. The third kappa shape index (κ3) is 9.77. The fourth-order valence-corrected chi connectivity index (χ4v) is 5.56. The zero-order chi connectivity index (χ0) is 26.6. The van der Waals surface area contributed by atoms with Crippen molar-refractivity contribution >= 4 is 23.6 Å². The van der Waals surface area contributed by atoms with Crippen LogP contribution in [0, 0.1) is 12.8 Å². The normalized spacial score (nSPS) is 15.3. The van der Waals surface area contributed by atoms with Gasteiger partial charge in [-0.15, -0.1) is 0 Å². The van der Waals surface area contributed by atoms with Gasteiger partial charge in [-0.05, 0) is 72.1 Å². The van der Waals surface area contributed by atoms with Crippen molar-refractivity contribution in [2.24, 2.45) is 5.92 Å². The Kier molecular flexibility index (Phi) is 14.6. The molecular formula is C30H41LiNO5S+. The second-order valence-electron chi connectivity index (χ2n) is 9.97. The topological polar surface area (TPSA) is 84.9 Å². The average molecular weight is 535 g/mol. The Balaban J connectivity index is 0.00000507. The van der Waals surface area contributed by atoms with Crippen molar-refractivity contribution < 1.29 is 43.0 Å². The molecule has 0 radical (unpaired) electrons. The molecular weight excluding hydrogens is 493 g/mol. The van der Waals surface area contributed by atoms with Gasteiger partial charge in [-0.25, -0.2) is 4.79 Å². The molecule has 2 aromatic rings. The minimum Gasteiger partial charge on any atom is -0.480 e. The van der Waals surface area contributed by atoms with E-state index >= 15 is 0 Å². The van der Waals surface area contributed by atoms with Crippen LogP contribution in [-0.4, -0.2) is 54.9 Å². The molecule has 6 nitrogen and oxygen atoms in total. The number of thioether (sulfide) groups is 1. The van der Waals surface area contributed by atoms with Crippen LogP contribution in [0.4, 0.5) is 0 Å². The number of aryl methyl sites for hydroxylation is 1. The first-order valence-corrected chi connectivity index (χ1v) is 14.6. The Morgan fingerprint density at radius 1 is 1.11 bits per heavy atom. The number of ether oxygens (including phenoxy) is 2. The number of carboxylic acid groups (broad SMARTS) is 1. The maximum atomic E-state index is 13.3. The van der Waals surface area contributed by atoms with Gasteiger partial charge in [0.25, 0.3) is 5.91 Å². The molecule has 38 heavy (non-hydrogen) atoms. The van der Waals surface area contributed by atoms with E-state index in [0.717, 1.165) is 28.7 Å². The van der Waals surface area contributed by atoms with Crippen LogP contribution in [0.2, 0.25) is 0 Å². The third-order valence-corrected chi connectivity index (χ3v) is 7.78. The van der Waals surface area contributed by atoms with Crippen molar-refractivity contribution in [2.45, 2.75) is 70.6 Å². The summed E-state index contributed by atoms with van der Waals surface area (Å²) in [5.74, 6) is -0.0571. The Bertz CT molecular complexity index is 1030. The summed E-state index contributed by atoms with van der Waals surface area (Å²) in [6, 6.07) is 12.7. The van der Waals surface area contributed by atoms with E-state index in [-0.39, 0.29) is 30.9 Å². The van der Waals surface area contributed by atoms with Crippen molar-refractivity contribution in [1.82, 2.24) is 5.32 Å². The van der Waals surface area contributed by atoms with E-state index in [2.05, 4.69) is 5.32 Å². The molecule has 1 saturated carbocycles. The quantitative estimate of drug-likeness (QED) is 0.363. The number of benzene rings is 2. The van der Waals surface area contributed by atoms with Crippen LogP contribution in [-0.2, 0) is 20.9 Å². The minimum atomic E-state index is -1.02. The standard InChI is InChI=1S/C30H41NO5S.Li/c1-21-9-7-8-12-25(21)27-18-23(19-36-24(20-35-2)17-22-10-5-4-6-11-22)13-14-26(27)29(32)31-28(30(33)34)15-16-37-3;/h7-9,12-14,18,22,24,28H,4-6,10-11,15-17,19-20H2,1-3H3,(H,31,32)(H,33,34);/q;+1. The Morgan fingerprint density at radius 3 is 2.50 bits per heavy atom. The van der Waals surface area contributed by atoms with Gasteiger partial charge in [0.1, 0.15) is 6.04 Å². The minimum absolute atomic E-state index is 0. The molecule has 0 heterocycles. The summed E-state index contributed by atoms with van der Waals surface area (Å²) in [6.45, 7) is 3.00. The molecule has 2 aromatic carbocycles. The first-order valence-electron chi connectivity index (χ1n) is 13.2. The molecule has 1 fully saturated rings. The summed E-state index contributed by atoms with van der Waals surface area (Å²) >= 11 is 1.56. The number of aliphatic carboxylic acids is 1. The predicted octanol–water partition coefficient (Wildman–Crippen LogP) is 3.10. The average Bonchev–Trinajstić information content (AvgIpc) is 2.90. The summed E-state index contributed by atoms with van der Waals surface area (Å²) in [6.07, 6.45) is 9.79. The fraction of sp³-hybridized carbons (Fsp3) is 0.533. The molecule has 1 amide bonds. The Hall–Kier alpha value is -1.75. The molecule has 0 aromatic heterocycles. The van der Waals surface area contributed by atoms with Gasteiger partial charge in [-0.1, -0.05) is 62.4 Å². The molecule has 1 aliphatic carbocycles. The smallest absolute Gasteiger partial charge is 0.480 e. The number of carboxylic acids is 1. The van der Waals surface area contributed by atoms with E-state index in [4.69, 9.17) is 9.47 Å². The molecule has 2 atom stereocenters. The molecule has 2 unspecified atom stereocenters. The molecule has 202 valence electrons. The molecule has 0 bridgehead atoms. The van der Waals surface area contributed by atoms with Gasteiger partial charge in [-0.2, -0.15) is 11.8 Å². The molecule has 1 aliphatic rings. The van der Waals surface area contributed by atoms with Gasteiger partial charge >= 0.3 is 24.8 Å². The van der Waals surface area contributed by atoms with Crippen LogP contribution in [0.15, 0.2) is 42.5 Å². The number of nitrogens with one attached hydrogen (secondary N) is 1. The number of hydrogen-bond acceptors (Lipinski definition) is 5. The number of rotatable bonds is 14. The maximum Gasteiger partial charge on any atom is 1.00 e. The summed E-state index contributed by atoms with van der Waals surface area (Å²) < 4.78 is 11.8. The zero-order valence-corrected chi connectivity index (χ0v) is 24.1. The first kappa shape index (κ1) is 32.5. The van der Waals surface area contributed by atoms with E-state index in [1.807, 2.05) is 49.6 Å². The maximum absolute atomic E-state index is 13.3. The zero-order valence-electron chi connectivity index (χ0n) is 23.3. The molecule has 8 heteroatoms. The summed E-state index contributed by atoms with van der Waals surface area (Å²) in [5, 5.41) is 12.3. The summed E-state index contributed by atoms with van der Waals surface area (Å²) in [5.41, 5.74) is 4.20. The van der Waals surface area contributed by atoms with Crippen molar-refractivity contribution in [3.8, 4) is 11.1 Å². The van der Waals surface area contributed by atoms with Crippen LogP contribution in [0.1, 0.15) is 66.4 Å². The molecule has 3 rings (SSSR count). The van der Waals surface area contributed by atoms with Gasteiger partial charge in [0.05, 0.1) is 19.3 Å². The van der Waals surface area contributed by atoms with Gasteiger partial charge < -0.3 is 19.9 Å². The number of amides is 1. The summed E-state index contributed by atoms with van der Waals surface area (Å²) in [7, 11) is 1.71. The van der Waals surface area contributed by atoms with Gasteiger partial charge in [0.2, 0.25) is 0 Å². The third-order valence-electron chi connectivity index (χ3n) is 7.14. The Morgan fingerprint density at radius 2 is 1.84 bits per heavy atom. The van der Waals surface area contributed by atoms with Crippen molar-refractivity contribution in [3.05, 3.63) is 59.2 Å². The monoisotopic (exact) mass is 534 g/mol. The number of methoxy groups -OCH3 is 1. The van der Waals surface area contributed by atoms with Crippen molar-refractivity contribution in [3.63, 3.8) is 0 Å². The van der Waals surface area contributed by atoms with Crippen LogP contribution < -0.4 is 24.2 Å². The van der Waals surface area contributed by atoms with Gasteiger partial charge in [0.15, 0.2) is 0 Å². The number of carbonyl (C=O) groups excluding carboxylic acids is 1. The number of carbonyl (C=O) groups is 2. The molecule has 0 saturated heterocycles.